The van der Waals surface area contributed by atoms with Crippen LogP contribution in [0.1, 0.15) is 26.2 Å². The van der Waals surface area contributed by atoms with Crippen molar-refractivity contribution in [2.75, 3.05) is 7.11 Å². The lowest BCUT2D eigenvalue weighted by atomic mass is 9.58. The Morgan fingerprint density at radius 3 is 2.84 bits per heavy atom. The predicted octanol–water partition coefficient (Wildman–Crippen LogP) is 2.83. The van der Waals surface area contributed by atoms with Gasteiger partial charge in [0.2, 0.25) is 0 Å². The van der Waals surface area contributed by atoms with Crippen LogP contribution in [0, 0.1) is 17.3 Å². The van der Waals surface area contributed by atoms with Crippen LogP contribution in [-0.4, -0.2) is 18.9 Å². The lowest BCUT2D eigenvalue weighted by Gasteiger charge is -2.45. The Balaban J connectivity index is 2.21. The summed E-state index contributed by atoms with van der Waals surface area (Å²) >= 11 is 0. The molecule has 0 radical (unpaired) electrons. The van der Waals surface area contributed by atoms with Gasteiger partial charge in [-0.2, -0.15) is 0 Å². The molecule has 3 atom stereocenters. The normalized spacial score (nSPS) is 33.8. The van der Waals surface area contributed by atoms with Gasteiger partial charge in [-0.15, -0.1) is 0 Å². The summed E-state index contributed by atoms with van der Waals surface area (Å²) in [5, 5.41) is 0. The fourth-order valence-corrected chi connectivity index (χ4v) is 3.23. The molecule has 3 nitrogen and oxygen atoms in total. The SMILES string of the molecule is C=C(C(=O)OC)[C@@H]1CC[C@@]2(C)C=CC(=O)C(=C)[C@@H]2C1. The molecule has 2 rings (SSSR count). The molecule has 0 unspecified atom stereocenters. The van der Waals surface area contributed by atoms with E-state index in [2.05, 4.69) is 20.1 Å². The number of ether oxygens (including phenoxy) is 1. The molecule has 0 aromatic rings. The average Bonchev–Trinajstić information content (AvgIpc) is 2.41. The van der Waals surface area contributed by atoms with Crippen LogP contribution in [0.15, 0.2) is 36.5 Å². The van der Waals surface area contributed by atoms with Gasteiger partial charge in [0.1, 0.15) is 0 Å². The molecule has 0 spiro atoms. The number of allylic oxidation sites excluding steroid dienone is 3. The molecule has 0 bridgehead atoms. The monoisotopic (exact) mass is 260 g/mol. The van der Waals surface area contributed by atoms with Gasteiger partial charge in [-0.25, -0.2) is 4.79 Å². The summed E-state index contributed by atoms with van der Waals surface area (Å²) in [4.78, 5) is 23.3. The highest BCUT2D eigenvalue weighted by Crippen LogP contribution is 2.51. The Kier molecular flexibility index (Phi) is 3.48. The van der Waals surface area contributed by atoms with Crippen LogP contribution >= 0.6 is 0 Å². The zero-order chi connectivity index (χ0) is 14.2. The van der Waals surface area contributed by atoms with E-state index in [1.807, 2.05) is 6.08 Å². The lowest BCUT2D eigenvalue weighted by Crippen LogP contribution is -2.39. The van der Waals surface area contributed by atoms with Crippen molar-refractivity contribution in [1.29, 1.82) is 0 Å². The number of carbonyl (C=O) groups is 2. The zero-order valence-corrected chi connectivity index (χ0v) is 11.6. The predicted molar refractivity (Wildman–Crippen MR) is 73.4 cm³/mol. The molecule has 19 heavy (non-hydrogen) atoms. The first-order valence-corrected chi connectivity index (χ1v) is 6.58. The Bertz CT molecular complexity index is 486. The van der Waals surface area contributed by atoms with E-state index in [4.69, 9.17) is 4.74 Å². The number of rotatable bonds is 2. The maximum Gasteiger partial charge on any atom is 0.333 e. The molecule has 0 aliphatic heterocycles. The summed E-state index contributed by atoms with van der Waals surface area (Å²) in [6.07, 6.45) is 6.22. The topological polar surface area (TPSA) is 43.4 Å². The van der Waals surface area contributed by atoms with Gasteiger partial charge in [0.05, 0.1) is 7.11 Å². The zero-order valence-electron chi connectivity index (χ0n) is 11.6. The number of hydrogen-bond acceptors (Lipinski definition) is 3. The van der Waals surface area contributed by atoms with Crippen LogP contribution in [0.5, 0.6) is 0 Å². The summed E-state index contributed by atoms with van der Waals surface area (Å²) in [5.74, 6) is -0.157. The van der Waals surface area contributed by atoms with E-state index in [0.29, 0.717) is 11.1 Å². The Hall–Kier alpha value is -1.64. The number of carbonyl (C=O) groups excluding carboxylic acids is 2. The Morgan fingerprint density at radius 2 is 2.21 bits per heavy atom. The van der Waals surface area contributed by atoms with Crippen LogP contribution < -0.4 is 0 Å². The van der Waals surface area contributed by atoms with Crippen molar-refractivity contribution in [3.05, 3.63) is 36.5 Å². The molecule has 0 saturated heterocycles. The molecule has 3 heteroatoms. The van der Waals surface area contributed by atoms with Crippen LogP contribution in [0.4, 0.5) is 0 Å². The largest absolute Gasteiger partial charge is 0.466 e. The summed E-state index contributed by atoms with van der Waals surface area (Å²) < 4.78 is 4.73. The van der Waals surface area contributed by atoms with E-state index in [0.717, 1.165) is 19.3 Å². The first-order chi connectivity index (χ1) is 8.89. The van der Waals surface area contributed by atoms with Gasteiger partial charge in [0.15, 0.2) is 5.78 Å². The van der Waals surface area contributed by atoms with Crippen LogP contribution in [-0.2, 0) is 14.3 Å². The minimum Gasteiger partial charge on any atom is -0.466 e. The molecule has 1 fully saturated rings. The molecule has 0 amide bonds. The van der Waals surface area contributed by atoms with Crippen molar-refractivity contribution in [3.63, 3.8) is 0 Å². The first-order valence-electron chi connectivity index (χ1n) is 6.58. The molecule has 0 N–H and O–H groups in total. The Morgan fingerprint density at radius 1 is 1.53 bits per heavy atom. The molecular weight excluding hydrogens is 240 g/mol. The third-order valence-corrected chi connectivity index (χ3v) is 4.64. The van der Waals surface area contributed by atoms with Gasteiger partial charge < -0.3 is 4.74 Å². The number of esters is 1. The third kappa shape index (κ3) is 2.29. The number of hydrogen-bond donors (Lipinski definition) is 0. The van der Waals surface area contributed by atoms with E-state index in [1.54, 1.807) is 6.08 Å². The van der Waals surface area contributed by atoms with Crippen LogP contribution in [0.2, 0.25) is 0 Å². The maximum absolute atomic E-state index is 11.8. The number of methoxy groups -OCH3 is 1. The van der Waals surface area contributed by atoms with Gasteiger partial charge in [0.25, 0.3) is 0 Å². The molecule has 0 aromatic carbocycles. The van der Waals surface area contributed by atoms with Crippen LogP contribution in [0.3, 0.4) is 0 Å². The second-order valence-corrected chi connectivity index (χ2v) is 5.77. The molecule has 2 aliphatic carbocycles. The minimum absolute atomic E-state index is 0.00630. The van der Waals surface area contributed by atoms with Gasteiger partial charge in [-0.05, 0) is 48.2 Å². The second-order valence-electron chi connectivity index (χ2n) is 5.77. The minimum atomic E-state index is -0.350. The standard InChI is InChI=1S/C16H20O3/c1-10(15(18)19-4)12-5-7-16(3)8-6-14(17)11(2)13(16)9-12/h6,8,12-13H,1-2,5,7,9H2,3-4H3/t12-,13+,16+/m1/s1. The van der Waals surface area contributed by atoms with E-state index >= 15 is 0 Å². The van der Waals surface area contributed by atoms with Crippen molar-refractivity contribution in [3.8, 4) is 0 Å². The second kappa shape index (κ2) is 4.80. The molecular formula is C16H20O3. The lowest BCUT2D eigenvalue weighted by molar-refractivity contribution is -0.137. The Labute approximate surface area is 114 Å². The highest BCUT2D eigenvalue weighted by Gasteiger charge is 2.44. The molecule has 1 saturated carbocycles. The van der Waals surface area contributed by atoms with Crippen molar-refractivity contribution < 1.29 is 14.3 Å². The van der Waals surface area contributed by atoms with Gasteiger partial charge in [0, 0.05) is 5.57 Å². The number of ketones is 1. The van der Waals surface area contributed by atoms with Crippen LogP contribution in [0.25, 0.3) is 0 Å². The van der Waals surface area contributed by atoms with Crippen molar-refractivity contribution in [1.82, 2.24) is 0 Å². The summed E-state index contributed by atoms with van der Waals surface area (Å²) in [6.45, 7) is 9.94. The van der Waals surface area contributed by atoms with E-state index < -0.39 is 0 Å². The fourth-order valence-electron chi connectivity index (χ4n) is 3.23. The van der Waals surface area contributed by atoms with Crippen molar-refractivity contribution in [2.45, 2.75) is 26.2 Å². The number of fused-ring (bicyclic) bond motifs is 1. The highest BCUT2D eigenvalue weighted by molar-refractivity contribution is 6.05. The molecule has 0 heterocycles. The molecule has 102 valence electrons. The quantitative estimate of drug-likeness (QED) is 0.566. The maximum atomic E-state index is 11.8. The summed E-state index contributed by atoms with van der Waals surface area (Å²) in [5.41, 5.74) is 1.16. The summed E-state index contributed by atoms with van der Waals surface area (Å²) in [6, 6.07) is 0. The molecule has 2 aliphatic rings. The third-order valence-electron chi connectivity index (χ3n) is 4.64. The average molecular weight is 260 g/mol. The van der Waals surface area contributed by atoms with Crippen molar-refractivity contribution in [2.24, 2.45) is 17.3 Å². The van der Waals surface area contributed by atoms with E-state index in [9.17, 15) is 9.59 Å². The van der Waals surface area contributed by atoms with E-state index in [1.165, 1.54) is 7.11 Å². The van der Waals surface area contributed by atoms with E-state index in [-0.39, 0.29) is 29.0 Å². The highest BCUT2D eigenvalue weighted by atomic mass is 16.5. The molecule has 0 aromatic heterocycles. The van der Waals surface area contributed by atoms with Crippen molar-refractivity contribution >= 4 is 11.8 Å². The van der Waals surface area contributed by atoms with Gasteiger partial charge in [-0.3, -0.25) is 4.79 Å². The fraction of sp³-hybridized carbons (Fsp3) is 0.500. The summed E-state index contributed by atoms with van der Waals surface area (Å²) in [7, 11) is 1.37. The van der Waals surface area contributed by atoms with Gasteiger partial charge in [-0.1, -0.05) is 26.2 Å². The van der Waals surface area contributed by atoms with Gasteiger partial charge >= 0.3 is 5.97 Å². The first kappa shape index (κ1) is 13.8. The smallest absolute Gasteiger partial charge is 0.333 e.